The SMILES string of the molecule is CCOc1ccccc1OCC(=O)NC(CC)(CC)CN.Cl. The molecule has 0 aliphatic heterocycles. The number of benzene rings is 1. The molecule has 1 aromatic rings. The number of carbonyl (C=O) groups is 1. The minimum atomic E-state index is -0.347. The zero-order chi connectivity index (χ0) is 15.7. The molecule has 6 heteroatoms. The molecule has 0 aromatic heterocycles. The molecule has 22 heavy (non-hydrogen) atoms. The molecule has 0 saturated carbocycles. The summed E-state index contributed by atoms with van der Waals surface area (Å²) in [6.45, 7) is 6.85. The van der Waals surface area contributed by atoms with Gasteiger partial charge in [-0.1, -0.05) is 26.0 Å². The lowest BCUT2D eigenvalue weighted by molar-refractivity contribution is -0.125. The highest BCUT2D eigenvalue weighted by molar-refractivity contribution is 5.85. The van der Waals surface area contributed by atoms with Crippen LogP contribution in [-0.2, 0) is 4.79 Å². The smallest absolute Gasteiger partial charge is 0.258 e. The highest BCUT2D eigenvalue weighted by Gasteiger charge is 2.26. The van der Waals surface area contributed by atoms with Gasteiger partial charge in [0.15, 0.2) is 18.1 Å². The van der Waals surface area contributed by atoms with Gasteiger partial charge in [0.1, 0.15) is 0 Å². The number of carbonyl (C=O) groups excluding carboxylic acids is 1. The van der Waals surface area contributed by atoms with Crippen LogP contribution in [0.4, 0.5) is 0 Å². The third-order valence-corrected chi connectivity index (χ3v) is 3.66. The third kappa shape index (κ3) is 5.73. The Kier molecular flexibility index (Phi) is 9.61. The van der Waals surface area contributed by atoms with Crippen molar-refractivity contribution in [2.24, 2.45) is 5.73 Å². The van der Waals surface area contributed by atoms with Crippen LogP contribution >= 0.6 is 12.4 Å². The van der Waals surface area contributed by atoms with Gasteiger partial charge in [-0.05, 0) is 31.9 Å². The normalized spacial score (nSPS) is 10.5. The van der Waals surface area contributed by atoms with Crippen LogP contribution in [0, 0.1) is 0 Å². The van der Waals surface area contributed by atoms with Crippen molar-refractivity contribution in [1.82, 2.24) is 5.32 Å². The molecule has 0 heterocycles. The van der Waals surface area contributed by atoms with Crippen molar-refractivity contribution in [2.45, 2.75) is 39.2 Å². The molecule has 0 saturated heterocycles. The summed E-state index contributed by atoms with van der Waals surface area (Å²) in [7, 11) is 0. The van der Waals surface area contributed by atoms with Gasteiger partial charge < -0.3 is 20.5 Å². The molecule has 0 aliphatic carbocycles. The van der Waals surface area contributed by atoms with E-state index in [0.717, 1.165) is 12.8 Å². The van der Waals surface area contributed by atoms with Crippen LogP contribution < -0.4 is 20.5 Å². The second-order valence-corrected chi connectivity index (χ2v) is 4.91. The molecule has 0 spiro atoms. The van der Waals surface area contributed by atoms with E-state index in [0.29, 0.717) is 24.7 Å². The van der Waals surface area contributed by atoms with E-state index in [4.69, 9.17) is 15.2 Å². The maximum absolute atomic E-state index is 12.0. The number of amides is 1. The Balaban J connectivity index is 0.00000441. The van der Waals surface area contributed by atoms with E-state index < -0.39 is 0 Å². The number of rotatable bonds is 9. The van der Waals surface area contributed by atoms with Gasteiger partial charge in [0.05, 0.1) is 12.1 Å². The molecular weight excluding hydrogens is 304 g/mol. The summed E-state index contributed by atoms with van der Waals surface area (Å²) >= 11 is 0. The molecular formula is C16H27ClN2O3. The average Bonchev–Trinajstić information content (AvgIpc) is 2.52. The van der Waals surface area contributed by atoms with E-state index in [1.54, 1.807) is 6.07 Å². The van der Waals surface area contributed by atoms with Gasteiger partial charge in [-0.15, -0.1) is 12.4 Å². The van der Waals surface area contributed by atoms with Crippen molar-refractivity contribution in [1.29, 1.82) is 0 Å². The first-order valence-electron chi connectivity index (χ1n) is 7.46. The summed E-state index contributed by atoms with van der Waals surface area (Å²) in [6.07, 6.45) is 1.59. The van der Waals surface area contributed by atoms with Crippen molar-refractivity contribution in [2.75, 3.05) is 19.8 Å². The Morgan fingerprint density at radius 2 is 1.68 bits per heavy atom. The van der Waals surface area contributed by atoms with Crippen LogP contribution in [0.1, 0.15) is 33.6 Å². The van der Waals surface area contributed by atoms with Gasteiger partial charge in [-0.2, -0.15) is 0 Å². The van der Waals surface area contributed by atoms with E-state index in [9.17, 15) is 4.79 Å². The third-order valence-electron chi connectivity index (χ3n) is 3.66. The fraction of sp³-hybridized carbons (Fsp3) is 0.562. The first-order valence-corrected chi connectivity index (χ1v) is 7.46. The van der Waals surface area contributed by atoms with Gasteiger partial charge >= 0.3 is 0 Å². The predicted molar refractivity (Wildman–Crippen MR) is 90.9 cm³/mol. The molecule has 0 atom stereocenters. The summed E-state index contributed by atoms with van der Waals surface area (Å²) in [5.74, 6) is 1.04. The summed E-state index contributed by atoms with van der Waals surface area (Å²) in [4.78, 5) is 12.0. The number of nitrogens with one attached hydrogen (secondary N) is 1. The minimum Gasteiger partial charge on any atom is -0.490 e. The van der Waals surface area contributed by atoms with E-state index in [2.05, 4.69) is 5.32 Å². The lowest BCUT2D eigenvalue weighted by Gasteiger charge is -2.31. The van der Waals surface area contributed by atoms with Crippen LogP contribution in [0.15, 0.2) is 24.3 Å². The predicted octanol–water partition coefficient (Wildman–Crippen LogP) is 2.52. The Hall–Kier alpha value is -1.46. The standard InChI is InChI=1S/C16H26N2O3.ClH/c1-4-16(5-2,12-17)18-15(19)11-21-14-10-8-7-9-13(14)20-6-3;/h7-10H,4-6,11-12,17H2,1-3H3,(H,18,19);1H. The molecule has 0 bridgehead atoms. The summed E-state index contributed by atoms with van der Waals surface area (Å²) < 4.78 is 11.0. The lowest BCUT2D eigenvalue weighted by Crippen LogP contribution is -2.54. The summed E-state index contributed by atoms with van der Waals surface area (Å²) in [5, 5.41) is 2.97. The molecule has 0 fully saturated rings. The highest BCUT2D eigenvalue weighted by Crippen LogP contribution is 2.26. The van der Waals surface area contributed by atoms with Crippen molar-refractivity contribution in [3.8, 4) is 11.5 Å². The number of hydrogen-bond acceptors (Lipinski definition) is 4. The largest absolute Gasteiger partial charge is 0.490 e. The van der Waals surface area contributed by atoms with Gasteiger partial charge in [-0.25, -0.2) is 0 Å². The van der Waals surface area contributed by atoms with Crippen molar-refractivity contribution in [3.63, 3.8) is 0 Å². The number of nitrogens with two attached hydrogens (primary N) is 1. The van der Waals surface area contributed by atoms with E-state index >= 15 is 0 Å². The van der Waals surface area contributed by atoms with Crippen LogP contribution in [0.2, 0.25) is 0 Å². The van der Waals surface area contributed by atoms with E-state index in [1.165, 1.54) is 0 Å². The second kappa shape index (κ2) is 10.3. The summed E-state index contributed by atoms with van der Waals surface area (Å²) in [6, 6.07) is 7.32. The fourth-order valence-electron chi connectivity index (χ4n) is 2.09. The molecule has 0 radical (unpaired) electrons. The molecule has 1 rings (SSSR count). The van der Waals surface area contributed by atoms with Crippen LogP contribution in [-0.4, -0.2) is 31.2 Å². The van der Waals surface area contributed by atoms with Crippen LogP contribution in [0.5, 0.6) is 11.5 Å². The van der Waals surface area contributed by atoms with Crippen LogP contribution in [0.25, 0.3) is 0 Å². The molecule has 0 unspecified atom stereocenters. The first kappa shape index (κ1) is 20.5. The van der Waals surface area contributed by atoms with Crippen molar-refractivity contribution >= 4 is 18.3 Å². The van der Waals surface area contributed by atoms with Gasteiger partial charge in [-0.3, -0.25) is 4.79 Å². The monoisotopic (exact) mass is 330 g/mol. The summed E-state index contributed by atoms with van der Waals surface area (Å²) in [5.41, 5.74) is 5.43. The van der Waals surface area contributed by atoms with Crippen molar-refractivity contribution < 1.29 is 14.3 Å². The Bertz CT molecular complexity index is 443. The maximum Gasteiger partial charge on any atom is 0.258 e. The Labute approximate surface area is 139 Å². The van der Waals surface area contributed by atoms with Gasteiger partial charge in [0.25, 0.3) is 5.91 Å². The molecule has 1 aromatic carbocycles. The maximum atomic E-state index is 12.0. The van der Waals surface area contributed by atoms with Gasteiger partial charge in [0, 0.05) is 6.54 Å². The number of ether oxygens (including phenoxy) is 2. The number of para-hydroxylation sites is 2. The Morgan fingerprint density at radius 1 is 1.14 bits per heavy atom. The molecule has 1 amide bonds. The Morgan fingerprint density at radius 3 is 2.14 bits per heavy atom. The zero-order valence-electron chi connectivity index (χ0n) is 13.6. The van der Waals surface area contributed by atoms with Crippen LogP contribution in [0.3, 0.4) is 0 Å². The van der Waals surface area contributed by atoms with E-state index in [-0.39, 0.29) is 30.5 Å². The molecule has 0 aliphatic rings. The number of hydrogen-bond donors (Lipinski definition) is 2. The fourth-order valence-corrected chi connectivity index (χ4v) is 2.09. The zero-order valence-corrected chi connectivity index (χ0v) is 14.4. The molecule has 5 nitrogen and oxygen atoms in total. The second-order valence-electron chi connectivity index (χ2n) is 4.91. The topological polar surface area (TPSA) is 73.6 Å². The minimum absolute atomic E-state index is 0. The highest BCUT2D eigenvalue weighted by atomic mass is 35.5. The first-order chi connectivity index (χ1) is 10.1. The quantitative estimate of drug-likeness (QED) is 0.729. The van der Waals surface area contributed by atoms with Crippen molar-refractivity contribution in [3.05, 3.63) is 24.3 Å². The lowest BCUT2D eigenvalue weighted by atomic mass is 9.93. The number of halogens is 1. The van der Waals surface area contributed by atoms with Gasteiger partial charge in [0.2, 0.25) is 0 Å². The molecule has 126 valence electrons. The van der Waals surface area contributed by atoms with E-state index in [1.807, 2.05) is 39.0 Å². The molecule has 3 N–H and O–H groups in total. The average molecular weight is 331 g/mol.